The first-order valence-corrected chi connectivity index (χ1v) is 8.08. The van der Waals surface area contributed by atoms with E-state index in [2.05, 4.69) is 0 Å². The second-order valence-electron chi connectivity index (χ2n) is 6.06. The molecule has 0 aliphatic carbocycles. The topological polar surface area (TPSA) is 63.4 Å². The van der Waals surface area contributed by atoms with Crippen molar-refractivity contribution in [3.05, 3.63) is 0 Å². The summed E-state index contributed by atoms with van der Waals surface area (Å²) in [6.07, 6.45) is 4.22. The third-order valence-electron chi connectivity index (χ3n) is 3.46. The molecule has 5 heteroatoms. The van der Waals surface area contributed by atoms with E-state index < -0.39 is 10.0 Å². The summed E-state index contributed by atoms with van der Waals surface area (Å²) in [6.45, 7) is 7.28. The van der Waals surface area contributed by atoms with Gasteiger partial charge in [0.05, 0.1) is 5.75 Å². The highest BCUT2D eigenvalue weighted by Gasteiger charge is 2.30. The Kier molecular flexibility index (Phi) is 4.98. The van der Waals surface area contributed by atoms with Crippen LogP contribution in [0.4, 0.5) is 0 Å². The molecule has 2 N–H and O–H groups in total. The van der Waals surface area contributed by atoms with Gasteiger partial charge in [-0.05, 0) is 18.3 Å². The van der Waals surface area contributed by atoms with Crippen LogP contribution in [0.1, 0.15) is 46.5 Å². The van der Waals surface area contributed by atoms with Gasteiger partial charge in [0.25, 0.3) is 0 Å². The standard InChI is InChI=1S/C12H26N2O2S/c1-12(2,3)11(13)10-17(15,16)14-8-6-4-5-7-9-14/h11H,4-10,13H2,1-3H3. The average Bonchev–Trinajstić information content (AvgIpc) is 2.43. The second kappa shape index (κ2) is 5.67. The summed E-state index contributed by atoms with van der Waals surface area (Å²) < 4.78 is 26.1. The number of hydrogen-bond donors (Lipinski definition) is 1. The van der Waals surface area contributed by atoms with Crippen molar-refractivity contribution in [2.75, 3.05) is 18.8 Å². The lowest BCUT2D eigenvalue weighted by atomic mass is 9.89. The van der Waals surface area contributed by atoms with Crippen LogP contribution in [0.3, 0.4) is 0 Å². The van der Waals surface area contributed by atoms with E-state index in [-0.39, 0.29) is 17.2 Å². The molecule has 1 rings (SSSR count). The molecule has 0 bridgehead atoms. The number of hydrogen-bond acceptors (Lipinski definition) is 3. The van der Waals surface area contributed by atoms with E-state index >= 15 is 0 Å². The highest BCUT2D eigenvalue weighted by atomic mass is 32.2. The molecular formula is C12H26N2O2S. The summed E-state index contributed by atoms with van der Waals surface area (Å²) in [7, 11) is -3.18. The van der Waals surface area contributed by atoms with Crippen LogP contribution in [0.2, 0.25) is 0 Å². The van der Waals surface area contributed by atoms with Crippen molar-refractivity contribution < 1.29 is 8.42 Å². The van der Waals surface area contributed by atoms with Gasteiger partial charge in [0.1, 0.15) is 0 Å². The van der Waals surface area contributed by atoms with Gasteiger partial charge in [0.15, 0.2) is 0 Å². The normalized spacial score (nSPS) is 22.1. The van der Waals surface area contributed by atoms with E-state index in [4.69, 9.17) is 5.73 Å². The third kappa shape index (κ3) is 4.56. The zero-order chi connectivity index (χ0) is 13.1. The molecule has 0 amide bonds. The lowest BCUT2D eigenvalue weighted by molar-refractivity contribution is 0.333. The summed E-state index contributed by atoms with van der Waals surface area (Å²) in [6, 6.07) is -0.309. The molecule has 0 aromatic heterocycles. The fourth-order valence-corrected chi connectivity index (χ4v) is 3.88. The Balaban J connectivity index is 2.67. The summed E-state index contributed by atoms with van der Waals surface area (Å²) in [4.78, 5) is 0. The van der Waals surface area contributed by atoms with Gasteiger partial charge >= 0.3 is 0 Å². The first kappa shape index (κ1) is 14.9. The molecule has 0 spiro atoms. The Morgan fingerprint density at radius 3 is 2.00 bits per heavy atom. The van der Waals surface area contributed by atoms with Gasteiger partial charge in [-0.15, -0.1) is 0 Å². The molecule has 0 aromatic rings. The fourth-order valence-electron chi connectivity index (χ4n) is 1.90. The minimum atomic E-state index is -3.18. The SMILES string of the molecule is CC(C)(C)C(N)CS(=O)(=O)N1CCCCCC1. The van der Waals surface area contributed by atoms with Gasteiger partial charge in [-0.1, -0.05) is 33.6 Å². The minimum Gasteiger partial charge on any atom is -0.326 e. The highest BCUT2D eigenvalue weighted by Crippen LogP contribution is 2.21. The molecule has 1 aliphatic rings. The van der Waals surface area contributed by atoms with Crippen molar-refractivity contribution in [1.82, 2.24) is 4.31 Å². The smallest absolute Gasteiger partial charge is 0.215 e. The average molecular weight is 262 g/mol. The van der Waals surface area contributed by atoms with Crippen LogP contribution in [0.25, 0.3) is 0 Å². The molecule has 1 atom stereocenters. The van der Waals surface area contributed by atoms with Crippen LogP contribution in [-0.4, -0.2) is 37.6 Å². The maximum absolute atomic E-state index is 12.2. The van der Waals surface area contributed by atoms with Crippen molar-refractivity contribution in [2.24, 2.45) is 11.1 Å². The predicted octanol–water partition coefficient (Wildman–Crippen LogP) is 1.57. The number of sulfonamides is 1. The van der Waals surface area contributed by atoms with Crippen LogP contribution in [0, 0.1) is 5.41 Å². The zero-order valence-electron chi connectivity index (χ0n) is 11.3. The number of nitrogens with zero attached hydrogens (tertiary/aromatic N) is 1. The molecule has 0 radical (unpaired) electrons. The van der Waals surface area contributed by atoms with Gasteiger partial charge in [-0.3, -0.25) is 0 Å². The monoisotopic (exact) mass is 262 g/mol. The lowest BCUT2D eigenvalue weighted by Gasteiger charge is -2.29. The van der Waals surface area contributed by atoms with Gasteiger partial charge in [-0.25, -0.2) is 12.7 Å². The van der Waals surface area contributed by atoms with Gasteiger partial charge < -0.3 is 5.73 Å². The van der Waals surface area contributed by atoms with Crippen molar-refractivity contribution >= 4 is 10.0 Å². The maximum atomic E-state index is 12.2. The van der Waals surface area contributed by atoms with E-state index in [1.165, 1.54) is 0 Å². The summed E-state index contributed by atoms with van der Waals surface area (Å²) in [5.41, 5.74) is 5.81. The van der Waals surface area contributed by atoms with Crippen molar-refractivity contribution in [2.45, 2.75) is 52.5 Å². The number of rotatable bonds is 3. The molecule has 17 heavy (non-hydrogen) atoms. The Morgan fingerprint density at radius 1 is 1.12 bits per heavy atom. The highest BCUT2D eigenvalue weighted by molar-refractivity contribution is 7.89. The van der Waals surface area contributed by atoms with Crippen molar-refractivity contribution in [1.29, 1.82) is 0 Å². The molecule has 1 heterocycles. The number of nitrogens with two attached hydrogens (primary N) is 1. The Labute approximate surface area is 106 Å². The van der Waals surface area contributed by atoms with Crippen LogP contribution in [0.5, 0.6) is 0 Å². The largest absolute Gasteiger partial charge is 0.326 e. The molecule has 1 aliphatic heterocycles. The van der Waals surface area contributed by atoms with E-state index in [0.29, 0.717) is 13.1 Å². The molecule has 102 valence electrons. The van der Waals surface area contributed by atoms with E-state index in [0.717, 1.165) is 25.7 Å². The molecule has 4 nitrogen and oxygen atoms in total. The van der Waals surface area contributed by atoms with Gasteiger partial charge in [-0.2, -0.15) is 0 Å². The Morgan fingerprint density at radius 2 is 1.59 bits per heavy atom. The van der Waals surface area contributed by atoms with Crippen LogP contribution in [0.15, 0.2) is 0 Å². The summed E-state index contributed by atoms with van der Waals surface area (Å²) in [5.74, 6) is 0.0660. The molecular weight excluding hydrogens is 236 g/mol. The molecule has 1 saturated heterocycles. The lowest BCUT2D eigenvalue weighted by Crippen LogP contribution is -2.45. The van der Waals surface area contributed by atoms with Crippen LogP contribution < -0.4 is 5.73 Å². The Bertz CT molecular complexity index is 325. The summed E-state index contributed by atoms with van der Waals surface area (Å²) >= 11 is 0. The first-order valence-electron chi connectivity index (χ1n) is 6.47. The van der Waals surface area contributed by atoms with Crippen LogP contribution in [-0.2, 0) is 10.0 Å². The first-order chi connectivity index (χ1) is 7.73. The molecule has 1 fully saturated rings. The van der Waals surface area contributed by atoms with E-state index in [9.17, 15) is 8.42 Å². The van der Waals surface area contributed by atoms with Crippen LogP contribution >= 0.6 is 0 Å². The fraction of sp³-hybridized carbons (Fsp3) is 1.00. The second-order valence-corrected chi connectivity index (χ2v) is 8.08. The van der Waals surface area contributed by atoms with Gasteiger partial charge in [0.2, 0.25) is 10.0 Å². The third-order valence-corrected chi connectivity index (χ3v) is 5.39. The van der Waals surface area contributed by atoms with Crippen molar-refractivity contribution in [3.8, 4) is 0 Å². The summed E-state index contributed by atoms with van der Waals surface area (Å²) in [5, 5.41) is 0. The Hall–Kier alpha value is -0.130. The molecule has 0 saturated carbocycles. The molecule has 1 unspecified atom stereocenters. The maximum Gasteiger partial charge on any atom is 0.215 e. The zero-order valence-corrected chi connectivity index (χ0v) is 12.1. The van der Waals surface area contributed by atoms with Crippen molar-refractivity contribution in [3.63, 3.8) is 0 Å². The van der Waals surface area contributed by atoms with E-state index in [1.807, 2.05) is 20.8 Å². The minimum absolute atomic E-state index is 0.0660. The molecule has 0 aromatic carbocycles. The van der Waals surface area contributed by atoms with E-state index in [1.54, 1.807) is 4.31 Å². The quantitative estimate of drug-likeness (QED) is 0.839. The van der Waals surface area contributed by atoms with Gasteiger partial charge in [0, 0.05) is 19.1 Å². The predicted molar refractivity (Wildman–Crippen MR) is 71.3 cm³/mol.